The van der Waals surface area contributed by atoms with Gasteiger partial charge in [0.15, 0.2) is 21.4 Å². The normalized spacial score (nSPS) is 27.5. The van der Waals surface area contributed by atoms with Crippen molar-refractivity contribution in [3.8, 4) is 5.75 Å². The summed E-state index contributed by atoms with van der Waals surface area (Å²) in [5.74, 6) is -0.425. The fourth-order valence-corrected chi connectivity index (χ4v) is 6.21. The van der Waals surface area contributed by atoms with Crippen molar-refractivity contribution in [2.45, 2.75) is 36.2 Å². The predicted octanol–water partition coefficient (Wildman–Crippen LogP) is 2.31. The van der Waals surface area contributed by atoms with Crippen molar-refractivity contribution in [1.29, 1.82) is 0 Å². The lowest BCUT2D eigenvalue weighted by Crippen LogP contribution is -2.40. The summed E-state index contributed by atoms with van der Waals surface area (Å²) in [4.78, 5) is 12.0. The molecule has 2 N–H and O–H groups in total. The lowest BCUT2D eigenvalue weighted by atomic mass is 9.99. The summed E-state index contributed by atoms with van der Waals surface area (Å²) < 4.78 is 42.9. The summed E-state index contributed by atoms with van der Waals surface area (Å²) in [7, 11) is -1.60. The maximum atomic E-state index is 14.0. The first-order chi connectivity index (χ1) is 11.4. The van der Waals surface area contributed by atoms with E-state index in [0.29, 0.717) is 19.4 Å². The first-order valence-corrected chi connectivity index (χ1v) is 9.63. The third-order valence-corrected chi connectivity index (χ3v) is 7.63. The van der Waals surface area contributed by atoms with Crippen LogP contribution >= 0.6 is 0 Å². The van der Waals surface area contributed by atoms with E-state index in [1.165, 1.54) is 19.2 Å². The lowest BCUT2D eigenvalue weighted by Gasteiger charge is -2.28. The highest BCUT2D eigenvalue weighted by Gasteiger charge is 2.46. The second-order valence-corrected chi connectivity index (χ2v) is 8.92. The van der Waals surface area contributed by atoms with Gasteiger partial charge in [-0.3, -0.25) is 0 Å². The van der Waals surface area contributed by atoms with E-state index >= 15 is 0 Å². The highest BCUT2D eigenvalue weighted by Crippen LogP contribution is 2.40. The number of sulfone groups is 1. The van der Waals surface area contributed by atoms with Crippen molar-refractivity contribution in [3.63, 3.8) is 0 Å². The molecule has 0 aliphatic carbocycles. The molecule has 2 atom stereocenters. The van der Waals surface area contributed by atoms with Gasteiger partial charge in [-0.2, -0.15) is 0 Å². The van der Waals surface area contributed by atoms with Crippen molar-refractivity contribution in [1.82, 2.24) is 5.32 Å². The Hall–Kier alpha value is -1.83. The van der Waals surface area contributed by atoms with Gasteiger partial charge in [0, 0.05) is 6.54 Å². The molecule has 3 rings (SSSR count). The van der Waals surface area contributed by atoms with Crippen LogP contribution in [-0.4, -0.2) is 38.6 Å². The number of amides is 2. The Morgan fingerprint density at radius 1 is 1.29 bits per heavy atom. The zero-order valence-corrected chi connectivity index (χ0v) is 14.2. The minimum atomic E-state index is -2.95. The molecular weight excluding hydrogens is 335 g/mol. The molecule has 0 spiro atoms. The maximum absolute atomic E-state index is 14.0. The van der Waals surface area contributed by atoms with Gasteiger partial charge in [0.25, 0.3) is 0 Å². The van der Waals surface area contributed by atoms with Crippen LogP contribution in [0, 0.1) is 11.7 Å². The highest BCUT2D eigenvalue weighted by molar-refractivity contribution is 7.93. The second kappa shape index (κ2) is 6.58. The number of benzene rings is 1. The van der Waals surface area contributed by atoms with Crippen molar-refractivity contribution < 1.29 is 22.3 Å². The standard InChI is InChI=1S/C16H21FN2O4S/c1-23-14-4-2-3-13(15(14)17)19-16(20)18-9-10-7-11-5-6-12(8-10)24(11,21)22/h2-4,10-12H,5-9H2,1H3,(H2,18,19,20). The zero-order chi connectivity index (χ0) is 17.3. The van der Waals surface area contributed by atoms with Gasteiger partial charge in [-0.1, -0.05) is 6.07 Å². The number of anilines is 1. The van der Waals surface area contributed by atoms with Crippen LogP contribution in [0.15, 0.2) is 18.2 Å². The van der Waals surface area contributed by atoms with E-state index in [4.69, 9.17) is 4.74 Å². The fraction of sp³-hybridized carbons (Fsp3) is 0.562. The molecule has 2 aliphatic heterocycles. The number of urea groups is 1. The molecule has 24 heavy (non-hydrogen) atoms. The number of hydrogen-bond acceptors (Lipinski definition) is 4. The Labute approximate surface area is 140 Å². The first-order valence-electron chi connectivity index (χ1n) is 8.02. The molecule has 2 heterocycles. The van der Waals surface area contributed by atoms with Gasteiger partial charge in [-0.15, -0.1) is 0 Å². The Bertz CT molecular complexity index is 718. The van der Waals surface area contributed by atoms with E-state index in [-0.39, 0.29) is 27.9 Å². The summed E-state index contributed by atoms with van der Waals surface area (Å²) in [5.41, 5.74) is 0.0399. The zero-order valence-electron chi connectivity index (χ0n) is 13.4. The Kier molecular flexibility index (Phi) is 4.67. The maximum Gasteiger partial charge on any atom is 0.319 e. The number of ether oxygens (including phenoxy) is 1. The number of methoxy groups -OCH3 is 1. The average molecular weight is 356 g/mol. The number of carbonyl (C=O) groups excluding carboxylic acids is 1. The number of nitrogens with one attached hydrogen (secondary N) is 2. The quantitative estimate of drug-likeness (QED) is 0.867. The van der Waals surface area contributed by atoms with Gasteiger partial charge in [0.05, 0.1) is 23.3 Å². The van der Waals surface area contributed by atoms with E-state index in [0.717, 1.165) is 12.8 Å². The Balaban J connectivity index is 1.54. The fourth-order valence-electron chi connectivity index (χ4n) is 3.65. The van der Waals surface area contributed by atoms with Crippen LogP contribution in [0.2, 0.25) is 0 Å². The van der Waals surface area contributed by atoms with Gasteiger partial charge < -0.3 is 15.4 Å². The van der Waals surface area contributed by atoms with E-state index in [1.54, 1.807) is 6.07 Å². The summed E-state index contributed by atoms with van der Waals surface area (Å²) in [6.45, 7) is 0.389. The topological polar surface area (TPSA) is 84.5 Å². The summed E-state index contributed by atoms with van der Waals surface area (Å²) in [6.07, 6.45) is 2.63. The number of halogens is 1. The summed E-state index contributed by atoms with van der Waals surface area (Å²) >= 11 is 0. The minimum Gasteiger partial charge on any atom is -0.494 e. The van der Waals surface area contributed by atoms with E-state index in [2.05, 4.69) is 10.6 Å². The molecule has 0 saturated carbocycles. The molecule has 2 amide bonds. The second-order valence-electron chi connectivity index (χ2n) is 6.40. The van der Waals surface area contributed by atoms with E-state index in [1.807, 2.05) is 0 Å². The van der Waals surface area contributed by atoms with Crippen LogP contribution in [0.3, 0.4) is 0 Å². The lowest BCUT2D eigenvalue weighted by molar-refractivity contribution is 0.249. The van der Waals surface area contributed by atoms with Crippen LogP contribution in [-0.2, 0) is 9.84 Å². The van der Waals surface area contributed by atoms with E-state index < -0.39 is 21.7 Å². The monoisotopic (exact) mass is 356 g/mol. The smallest absolute Gasteiger partial charge is 0.319 e. The molecule has 1 aromatic carbocycles. The first kappa shape index (κ1) is 17.0. The van der Waals surface area contributed by atoms with E-state index in [9.17, 15) is 17.6 Å². The molecule has 0 radical (unpaired) electrons. The Morgan fingerprint density at radius 2 is 1.96 bits per heavy atom. The third kappa shape index (κ3) is 3.19. The van der Waals surface area contributed by atoms with Crippen LogP contribution in [0.5, 0.6) is 5.75 Å². The van der Waals surface area contributed by atoms with Gasteiger partial charge >= 0.3 is 6.03 Å². The largest absolute Gasteiger partial charge is 0.494 e. The molecule has 132 valence electrons. The summed E-state index contributed by atoms with van der Waals surface area (Å²) in [6, 6.07) is 3.99. The molecule has 2 bridgehead atoms. The predicted molar refractivity (Wildman–Crippen MR) is 88.4 cm³/mol. The molecule has 0 aromatic heterocycles. The van der Waals surface area contributed by atoms with Crippen LogP contribution < -0.4 is 15.4 Å². The summed E-state index contributed by atoms with van der Waals surface area (Å²) in [5, 5.41) is 4.64. The van der Waals surface area contributed by atoms with Gasteiger partial charge in [-0.05, 0) is 43.7 Å². The number of carbonyl (C=O) groups is 1. The molecule has 2 saturated heterocycles. The van der Waals surface area contributed by atoms with Crippen molar-refractivity contribution in [2.24, 2.45) is 5.92 Å². The molecular formula is C16H21FN2O4S. The molecule has 2 aliphatic rings. The van der Waals surface area contributed by atoms with Gasteiger partial charge in [0.1, 0.15) is 0 Å². The number of fused-ring (bicyclic) bond motifs is 2. The minimum absolute atomic E-state index is 0.0399. The average Bonchev–Trinajstić information content (AvgIpc) is 2.74. The van der Waals surface area contributed by atoms with Crippen molar-refractivity contribution >= 4 is 21.6 Å². The van der Waals surface area contributed by atoms with Crippen LogP contribution in [0.1, 0.15) is 25.7 Å². The highest BCUT2D eigenvalue weighted by atomic mass is 32.2. The van der Waals surface area contributed by atoms with Gasteiger partial charge in [0.2, 0.25) is 0 Å². The number of hydrogen-bond donors (Lipinski definition) is 2. The third-order valence-electron chi connectivity index (χ3n) is 4.91. The Morgan fingerprint density at radius 3 is 2.58 bits per heavy atom. The SMILES string of the molecule is COc1cccc(NC(=O)NCC2CC3CCC(C2)S3(=O)=O)c1F. The number of rotatable bonds is 4. The van der Waals surface area contributed by atoms with Crippen LogP contribution in [0.25, 0.3) is 0 Å². The molecule has 8 heteroatoms. The molecule has 6 nitrogen and oxygen atoms in total. The van der Waals surface area contributed by atoms with Crippen LogP contribution in [0.4, 0.5) is 14.9 Å². The van der Waals surface area contributed by atoms with Gasteiger partial charge in [-0.25, -0.2) is 17.6 Å². The van der Waals surface area contributed by atoms with Crippen molar-refractivity contribution in [2.75, 3.05) is 19.0 Å². The van der Waals surface area contributed by atoms with Crippen molar-refractivity contribution in [3.05, 3.63) is 24.0 Å². The molecule has 2 fully saturated rings. The molecule has 2 unspecified atom stereocenters. The molecule has 1 aromatic rings.